The third-order valence-electron chi connectivity index (χ3n) is 2.69. The van der Waals surface area contributed by atoms with E-state index < -0.39 is 0 Å². The number of hydrogen-bond donors (Lipinski definition) is 1. The largest absolute Gasteiger partial charge is 0.368 e. The number of benzene rings is 1. The predicted octanol–water partition coefficient (Wildman–Crippen LogP) is 2.60. The molecule has 0 amide bonds. The van der Waals surface area contributed by atoms with E-state index in [9.17, 15) is 0 Å². The number of para-hydroxylation sites is 1. The van der Waals surface area contributed by atoms with Crippen LogP contribution in [-0.4, -0.2) is 31.4 Å². The Kier molecular flexibility index (Phi) is 4.13. The molecule has 2 rings (SSSR count). The van der Waals surface area contributed by atoms with Crippen LogP contribution in [-0.2, 0) is 0 Å². The molecule has 0 unspecified atom stereocenters. The summed E-state index contributed by atoms with van der Waals surface area (Å²) in [5.41, 5.74) is 1.41. The Morgan fingerprint density at radius 1 is 1.19 bits per heavy atom. The first-order chi connectivity index (χ1) is 7.77. The predicted molar refractivity (Wildman–Crippen MR) is 72.5 cm³/mol. The molecule has 0 aromatic heterocycles. The minimum Gasteiger partial charge on any atom is -0.368 e. The number of rotatable bonds is 3. The van der Waals surface area contributed by atoms with Gasteiger partial charge in [0.2, 0.25) is 0 Å². The standard InChI is InChI=1S/C13H20N2S/c1-11(2)16-13-6-4-3-5-12(13)15-9-7-14-8-10-15/h3-6,11,14H,7-10H2,1-2H3. The number of thioether (sulfide) groups is 1. The van der Waals surface area contributed by atoms with E-state index >= 15 is 0 Å². The quantitative estimate of drug-likeness (QED) is 0.812. The maximum absolute atomic E-state index is 3.40. The monoisotopic (exact) mass is 236 g/mol. The van der Waals surface area contributed by atoms with Gasteiger partial charge in [0.25, 0.3) is 0 Å². The molecule has 0 atom stereocenters. The molecule has 0 spiro atoms. The van der Waals surface area contributed by atoms with Crippen LogP contribution < -0.4 is 10.2 Å². The molecule has 0 bridgehead atoms. The molecule has 0 saturated carbocycles. The smallest absolute Gasteiger partial charge is 0.0505 e. The fraction of sp³-hybridized carbons (Fsp3) is 0.538. The van der Waals surface area contributed by atoms with Crippen molar-refractivity contribution in [3.05, 3.63) is 24.3 Å². The molecule has 1 aromatic carbocycles. The summed E-state index contributed by atoms with van der Waals surface area (Å²) < 4.78 is 0. The summed E-state index contributed by atoms with van der Waals surface area (Å²) in [7, 11) is 0. The van der Waals surface area contributed by atoms with Crippen LogP contribution in [0.3, 0.4) is 0 Å². The lowest BCUT2D eigenvalue weighted by Gasteiger charge is -2.31. The highest BCUT2D eigenvalue weighted by atomic mass is 32.2. The lowest BCUT2D eigenvalue weighted by Crippen LogP contribution is -2.43. The first-order valence-corrected chi connectivity index (χ1v) is 6.86. The molecule has 88 valence electrons. The Labute approximate surface area is 102 Å². The fourth-order valence-electron chi connectivity index (χ4n) is 1.98. The molecule has 3 heteroatoms. The second kappa shape index (κ2) is 5.60. The van der Waals surface area contributed by atoms with Crippen LogP contribution in [0.4, 0.5) is 5.69 Å². The van der Waals surface area contributed by atoms with Gasteiger partial charge >= 0.3 is 0 Å². The van der Waals surface area contributed by atoms with Gasteiger partial charge in [-0.15, -0.1) is 11.8 Å². The molecule has 1 aliphatic rings. The van der Waals surface area contributed by atoms with Crippen molar-refractivity contribution in [3.63, 3.8) is 0 Å². The number of nitrogens with zero attached hydrogens (tertiary/aromatic N) is 1. The molecule has 2 nitrogen and oxygen atoms in total. The summed E-state index contributed by atoms with van der Waals surface area (Å²) in [5.74, 6) is 0. The van der Waals surface area contributed by atoms with Crippen molar-refractivity contribution < 1.29 is 0 Å². The van der Waals surface area contributed by atoms with E-state index in [0.29, 0.717) is 5.25 Å². The van der Waals surface area contributed by atoms with E-state index in [2.05, 4.69) is 48.3 Å². The van der Waals surface area contributed by atoms with E-state index in [-0.39, 0.29) is 0 Å². The third kappa shape index (κ3) is 2.92. The van der Waals surface area contributed by atoms with Crippen molar-refractivity contribution in [1.82, 2.24) is 5.32 Å². The summed E-state index contributed by atoms with van der Waals surface area (Å²) in [6, 6.07) is 8.76. The first kappa shape index (κ1) is 11.8. The second-order valence-electron chi connectivity index (χ2n) is 4.37. The van der Waals surface area contributed by atoms with Crippen LogP contribution in [0.1, 0.15) is 13.8 Å². The molecule has 1 aliphatic heterocycles. The molecular formula is C13H20N2S. The zero-order chi connectivity index (χ0) is 11.4. The van der Waals surface area contributed by atoms with Gasteiger partial charge in [-0.1, -0.05) is 26.0 Å². The van der Waals surface area contributed by atoms with Gasteiger partial charge in [-0.3, -0.25) is 0 Å². The van der Waals surface area contributed by atoms with Crippen LogP contribution in [0.15, 0.2) is 29.2 Å². The normalized spacial score (nSPS) is 16.8. The van der Waals surface area contributed by atoms with Gasteiger partial charge in [0.05, 0.1) is 5.69 Å². The number of nitrogens with one attached hydrogen (secondary N) is 1. The first-order valence-electron chi connectivity index (χ1n) is 5.99. The molecule has 1 fully saturated rings. The van der Waals surface area contributed by atoms with E-state index in [1.807, 2.05) is 11.8 Å². The van der Waals surface area contributed by atoms with Gasteiger partial charge in [-0.2, -0.15) is 0 Å². The molecule has 1 aromatic rings. The minimum absolute atomic E-state index is 0.643. The lowest BCUT2D eigenvalue weighted by atomic mass is 10.2. The zero-order valence-corrected chi connectivity index (χ0v) is 10.9. The second-order valence-corrected chi connectivity index (χ2v) is 5.99. The van der Waals surface area contributed by atoms with Crippen molar-refractivity contribution in [3.8, 4) is 0 Å². The molecule has 1 heterocycles. The molecule has 0 radical (unpaired) electrons. The highest BCUT2D eigenvalue weighted by Gasteiger charge is 2.14. The maximum Gasteiger partial charge on any atom is 0.0505 e. The van der Waals surface area contributed by atoms with Gasteiger partial charge in [0, 0.05) is 36.3 Å². The highest BCUT2D eigenvalue weighted by Crippen LogP contribution is 2.32. The van der Waals surface area contributed by atoms with E-state index in [1.54, 1.807) is 0 Å². The summed E-state index contributed by atoms with van der Waals surface area (Å²) in [6.07, 6.45) is 0. The Balaban J connectivity index is 2.17. The van der Waals surface area contributed by atoms with Crippen molar-refractivity contribution >= 4 is 17.4 Å². The summed E-state index contributed by atoms with van der Waals surface area (Å²) >= 11 is 1.96. The van der Waals surface area contributed by atoms with Gasteiger partial charge in [-0.25, -0.2) is 0 Å². The average molecular weight is 236 g/mol. The summed E-state index contributed by atoms with van der Waals surface area (Å²) in [5, 5.41) is 4.04. The highest BCUT2D eigenvalue weighted by molar-refractivity contribution is 8.00. The summed E-state index contributed by atoms with van der Waals surface area (Å²) in [6.45, 7) is 8.94. The fourth-order valence-corrected chi connectivity index (χ4v) is 2.96. The number of anilines is 1. The topological polar surface area (TPSA) is 15.3 Å². The van der Waals surface area contributed by atoms with Crippen LogP contribution in [0.25, 0.3) is 0 Å². The van der Waals surface area contributed by atoms with Crippen LogP contribution >= 0.6 is 11.8 Å². The van der Waals surface area contributed by atoms with Crippen molar-refractivity contribution in [2.75, 3.05) is 31.1 Å². The third-order valence-corrected chi connectivity index (χ3v) is 3.76. The molecule has 16 heavy (non-hydrogen) atoms. The summed E-state index contributed by atoms with van der Waals surface area (Å²) in [4.78, 5) is 3.90. The van der Waals surface area contributed by atoms with Crippen LogP contribution in [0.5, 0.6) is 0 Å². The maximum atomic E-state index is 3.40. The van der Waals surface area contributed by atoms with E-state index in [4.69, 9.17) is 0 Å². The van der Waals surface area contributed by atoms with Crippen LogP contribution in [0.2, 0.25) is 0 Å². The van der Waals surface area contributed by atoms with Gasteiger partial charge in [0.1, 0.15) is 0 Å². The Hall–Kier alpha value is -0.670. The van der Waals surface area contributed by atoms with Gasteiger partial charge < -0.3 is 10.2 Å². The lowest BCUT2D eigenvalue weighted by molar-refractivity contribution is 0.587. The molecule has 1 saturated heterocycles. The van der Waals surface area contributed by atoms with Crippen molar-refractivity contribution in [2.45, 2.75) is 24.0 Å². The van der Waals surface area contributed by atoms with Gasteiger partial charge in [0.15, 0.2) is 0 Å². The number of piperazine rings is 1. The van der Waals surface area contributed by atoms with Gasteiger partial charge in [-0.05, 0) is 12.1 Å². The van der Waals surface area contributed by atoms with Crippen molar-refractivity contribution in [1.29, 1.82) is 0 Å². The van der Waals surface area contributed by atoms with Crippen molar-refractivity contribution in [2.24, 2.45) is 0 Å². The Morgan fingerprint density at radius 2 is 1.88 bits per heavy atom. The van der Waals surface area contributed by atoms with E-state index in [1.165, 1.54) is 10.6 Å². The van der Waals surface area contributed by atoms with E-state index in [0.717, 1.165) is 26.2 Å². The average Bonchev–Trinajstić information content (AvgIpc) is 2.30. The SMILES string of the molecule is CC(C)Sc1ccccc1N1CCNCC1. The molecular weight excluding hydrogens is 216 g/mol. The van der Waals surface area contributed by atoms with Crippen LogP contribution in [0, 0.1) is 0 Å². The number of hydrogen-bond acceptors (Lipinski definition) is 3. The Bertz CT molecular complexity index is 332. The zero-order valence-electron chi connectivity index (χ0n) is 10.1. The molecule has 0 aliphatic carbocycles. The Morgan fingerprint density at radius 3 is 2.56 bits per heavy atom. The molecule has 1 N–H and O–H groups in total. The minimum atomic E-state index is 0.643.